The van der Waals surface area contributed by atoms with Gasteiger partial charge in [-0.05, 0) is 48.6 Å². The van der Waals surface area contributed by atoms with E-state index in [4.69, 9.17) is 16.3 Å². The Hall–Kier alpha value is -2.31. The highest BCUT2D eigenvalue weighted by atomic mass is 35.5. The number of nitrogens with zero attached hydrogens (tertiary/aromatic N) is 2. The lowest BCUT2D eigenvalue weighted by Crippen LogP contribution is -2.76. The average Bonchev–Trinajstić information content (AvgIpc) is 3.54. The van der Waals surface area contributed by atoms with Crippen molar-refractivity contribution in [3.05, 3.63) is 76.0 Å². The molecule has 0 aromatic heterocycles. The number of likely N-dealkylation sites (tertiary alicyclic amines) is 1. The van der Waals surface area contributed by atoms with Gasteiger partial charge in [-0.1, -0.05) is 64.1 Å². The van der Waals surface area contributed by atoms with Crippen LogP contribution in [0.5, 0.6) is 5.75 Å². The van der Waals surface area contributed by atoms with Gasteiger partial charge in [0.15, 0.2) is 0 Å². The highest BCUT2D eigenvalue weighted by Crippen LogP contribution is 2.63. The van der Waals surface area contributed by atoms with Gasteiger partial charge in [-0.25, -0.2) is 0 Å². The van der Waals surface area contributed by atoms with E-state index in [2.05, 4.69) is 80.0 Å². The van der Waals surface area contributed by atoms with Gasteiger partial charge in [-0.2, -0.15) is 5.26 Å². The van der Waals surface area contributed by atoms with Crippen LogP contribution in [0.2, 0.25) is 5.02 Å². The number of hydrogen-bond donors (Lipinski definition) is 0. The Kier molecular flexibility index (Phi) is 5.69. The molecular formula is C27H33B2ClN2O. The minimum absolute atomic E-state index is 0.00162. The molecule has 0 atom stereocenters. The Morgan fingerprint density at radius 3 is 2.33 bits per heavy atom. The first kappa shape index (κ1) is 23.8. The normalized spacial score (nSPS) is 29.1. The molecule has 6 heteroatoms. The van der Waals surface area contributed by atoms with Crippen LogP contribution in [0.25, 0.3) is 0 Å². The van der Waals surface area contributed by atoms with E-state index in [9.17, 15) is 5.26 Å². The molecule has 33 heavy (non-hydrogen) atoms. The second-order valence-electron chi connectivity index (χ2n) is 11.2. The zero-order valence-electron chi connectivity index (χ0n) is 20.9. The third kappa shape index (κ3) is 3.50. The molecule has 3 aliphatic rings. The molecule has 1 saturated heterocycles. The van der Waals surface area contributed by atoms with Gasteiger partial charge in [0.05, 0.1) is 10.6 Å². The summed E-state index contributed by atoms with van der Waals surface area (Å²) in [5, 5.41) is 9.48. The number of benzene rings is 1. The molecule has 0 radical (unpaired) electrons. The fourth-order valence-electron chi connectivity index (χ4n) is 6.69. The summed E-state index contributed by atoms with van der Waals surface area (Å²) < 4.78 is 6.58. The number of allylic oxidation sites excluding steroid dienone is 5. The quantitative estimate of drug-likeness (QED) is 0.612. The summed E-state index contributed by atoms with van der Waals surface area (Å²) in [5.74, 6) is 0.714. The van der Waals surface area contributed by atoms with Gasteiger partial charge < -0.3 is 9.64 Å². The first-order valence-corrected chi connectivity index (χ1v) is 12.2. The second-order valence-corrected chi connectivity index (χ2v) is 11.6. The summed E-state index contributed by atoms with van der Waals surface area (Å²) in [7, 11) is 4.67. The molecule has 0 spiro atoms. The standard InChI is InChI=1S/C27H33B2ClN2O/c1-7-9-20-19(8-2)22(16-10-11-16)32(27(20,28)29)23-25(3,4)24(26(23,5)6)33-18-13-12-17(15-31)21(30)14-18/h7-9,12-14,23-24H,1,10-11,28-29H2,2-6H3/b19-8+,20-9+. The first-order chi connectivity index (χ1) is 15.4. The van der Waals surface area contributed by atoms with E-state index in [1.165, 1.54) is 29.7 Å². The van der Waals surface area contributed by atoms with E-state index in [0.29, 0.717) is 16.3 Å². The van der Waals surface area contributed by atoms with Crippen molar-refractivity contribution in [3.8, 4) is 11.8 Å². The van der Waals surface area contributed by atoms with Crippen LogP contribution in [-0.4, -0.2) is 38.1 Å². The highest BCUT2D eigenvalue weighted by Gasteiger charge is 2.68. The highest BCUT2D eigenvalue weighted by molar-refractivity contribution is 6.43. The summed E-state index contributed by atoms with van der Waals surface area (Å²) in [4.78, 5) is 2.69. The van der Waals surface area contributed by atoms with Crippen LogP contribution in [0.1, 0.15) is 53.0 Å². The van der Waals surface area contributed by atoms with E-state index >= 15 is 0 Å². The molecule has 2 aliphatic carbocycles. The monoisotopic (exact) mass is 458 g/mol. The molecule has 0 amide bonds. The maximum Gasteiger partial charge on any atom is 0.129 e. The van der Waals surface area contributed by atoms with Crippen molar-refractivity contribution >= 4 is 27.3 Å². The van der Waals surface area contributed by atoms with E-state index < -0.39 is 0 Å². The molecule has 0 unspecified atom stereocenters. The molecule has 1 heterocycles. The van der Waals surface area contributed by atoms with E-state index in [1.54, 1.807) is 17.7 Å². The van der Waals surface area contributed by atoms with Crippen LogP contribution in [-0.2, 0) is 0 Å². The van der Waals surface area contributed by atoms with Gasteiger partial charge in [-0.15, -0.1) is 0 Å². The summed E-state index contributed by atoms with van der Waals surface area (Å²) in [6, 6.07) is 7.75. The van der Waals surface area contributed by atoms with E-state index in [-0.39, 0.29) is 28.3 Å². The Morgan fingerprint density at radius 1 is 1.21 bits per heavy atom. The Morgan fingerprint density at radius 2 is 1.85 bits per heavy atom. The maximum atomic E-state index is 9.20. The number of hydrogen-bond acceptors (Lipinski definition) is 3. The van der Waals surface area contributed by atoms with Gasteiger partial charge in [-0.3, -0.25) is 0 Å². The largest absolute Gasteiger partial charge is 0.489 e. The molecule has 0 bridgehead atoms. The summed E-state index contributed by atoms with van der Waals surface area (Å²) >= 11 is 6.29. The SMILES string of the molecule is BC1(B)C(=C/C=C)/C(=C\C)C(=C2CC2)N1C1C(C)(C)C(Oc2ccc(C#N)c(Cl)c2)C1(C)C. The Labute approximate surface area is 205 Å². The van der Waals surface area contributed by atoms with E-state index in [0.717, 1.165) is 0 Å². The maximum absolute atomic E-state index is 9.20. The van der Waals surface area contributed by atoms with Crippen LogP contribution in [0.4, 0.5) is 0 Å². The van der Waals surface area contributed by atoms with Crippen molar-refractivity contribution in [1.29, 1.82) is 5.26 Å². The Bertz CT molecular complexity index is 1130. The molecule has 2 saturated carbocycles. The zero-order valence-corrected chi connectivity index (χ0v) is 21.7. The lowest BCUT2D eigenvalue weighted by atomic mass is 9.46. The minimum atomic E-state index is -0.150. The Balaban J connectivity index is 1.75. The lowest BCUT2D eigenvalue weighted by molar-refractivity contribution is -0.203. The minimum Gasteiger partial charge on any atom is -0.489 e. The molecule has 3 nitrogen and oxygen atoms in total. The average molecular weight is 459 g/mol. The number of nitriles is 1. The smallest absolute Gasteiger partial charge is 0.129 e. The predicted octanol–water partition coefficient (Wildman–Crippen LogP) is 4.74. The van der Waals surface area contributed by atoms with Crippen molar-refractivity contribution < 1.29 is 4.74 Å². The van der Waals surface area contributed by atoms with Crippen LogP contribution in [0.15, 0.2) is 65.4 Å². The third-order valence-electron chi connectivity index (χ3n) is 7.79. The molecule has 0 N–H and O–H groups in total. The second kappa shape index (κ2) is 7.88. The van der Waals surface area contributed by atoms with Crippen LogP contribution >= 0.6 is 11.6 Å². The van der Waals surface area contributed by atoms with Gasteiger partial charge in [0.25, 0.3) is 0 Å². The van der Waals surface area contributed by atoms with Crippen LogP contribution < -0.4 is 4.74 Å². The molecule has 1 aliphatic heterocycles. The van der Waals surface area contributed by atoms with Crippen molar-refractivity contribution in [1.82, 2.24) is 4.90 Å². The van der Waals surface area contributed by atoms with Crippen molar-refractivity contribution in [3.63, 3.8) is 0 Å². The predicted molar refractivity (Wildman–Crippen MR) is 142 cm³/mol. The van der Waals surface area contributed by atoms with E-state index in [1.807, 2.05) is 12.1 Å². The van der Waals surface area contributed by atoms with Crippen LogP contribution in [0.3, 0.4) is 0 Å². The molecular weight excluding hydrogens is 425 g/mol. The van der Waals surface area contributed by atoms with Gasteiger partial charge in [0, 0.05) is 34.0 Å². The third-order valence-corrected chi connectivity index (χ3v) is 8.10. The van der Waals surface area contributed by atoms with Crippen molar-refractivity contribution in [2.24, 2.45) is 10.8 Å². The van der Waals surface area contributed by atoms with Crippen molar-refractivity contribution in [2.75, 3.05) is 0 Å². The van der Waals surface area contributed by atoms with Gasteiger partial charge >= 0.3 is 0 Å². The van der Waals surface area contributed by atoms with Gasteiger partial charge in [0.1, 0.15) is 33.6 Å². The molecule has 170 valence electrons. The molecule has 3 fully saturated rings. The number of halogens is 1. The lowest BCUT2D eigenvalue weighted by Gasteiger charge is -2.68. The fraction of sp³-hybridized carbons (Fsp3) is 0.444. The van der Waals surface area contributed by atoms with Gasteiger partial charge in [0.2, 0.25) is 0 Å². The topological polar surface area (TPSA) is 36.3 Å². The summed E-state index contributed by atoms with van der Waals surface area (Å²) in [6.07, 6.45) is 8.72. The van der Waals surface area contributed by atoms with Crippen molar-refractivity contribution in [2.45, 2.75) is 64.9 Å². The molecule has 1 aromatic carbocycles. The summed E-state index contributed by atoms with van der Waals surface area (Å²) in [5.41, 5.74) is 5.91. The first-order valence-electron chi connectivity index (χ1n) is 11.8. The fourth-order valence-corrected chi connectivity index (χ4v) is 6.90. The molecule has 1 aromatic rings. The number of ether oxygens (including phenoxy) is 1. The summed E-state index contributed by atoms with van der Waals surface area (Å²) in [6.45, 7) is 15.4. The van der Waals surface area contributed by atoms with Crippen LogP contribution in [0, 0.1) is 22.2 Å². The zero-order chi connectivity index (χ0) is 24.3. The number of rotatable bonds is 4. The molecule has 4 rings (SSSR count).